The summed E-state index contributed by atoms with van der Waals surface area (Å²) in [4.78, 5) is 0.460. The lowest BCUT2D eigenvalue weighted by molar-refractivity contribution is 0.526. The lowest BCUT2D eigenvalue weighted by Crippen LogP contribution is -2.33. The van der Waals surface area contributed by atoms with E-state index in [1.807, 2.05) is 0 Å². The predicted molar refractivity (Wildman–Crippen MR) is 69.4 cm³/mol. The molecule has 3 nitrogen and oxygen atoms in total. The summed E-state index contributed by atoms with van der Waals surface area (Å²) in [5, 5.41) is 2.94. The third-order valence-corrected chi connectivity index (χ3v) is 4.86. The monoisotopic (exact) mass is 299 g/mol. The Bertz CT molecular complexity index is 263. The van der Waals surface area contributed by atoms with Gasteiger partial charge in [-0.2, -0.15) is 0 Å². The first kappa shape index (κ1) is 15.4. The van der Waals surface area contributed by atoms with Crippen LogP contribution in [0.1, 0.15) is 34.1 Å². The summed E-state index contributed by atoms with van der Waals surface area (Å²) in [6.45, 7) is 8.14. The zero-order valence-electron chi connectivity index (χ0n) is 9.96. The second-order valence-corrected chi connectivity index (χ2v) is 8.53. The number of hydrogen-bond donors (Lipinski definition) is 1. The first-order valence-corrected chi connectivity index (χ1v) is 7.98. The Morgan fingerprint density at radius 1 is 1.20 bits per heavy atom. The number of nitrogens with one attached hydrogen (secondary N) is 1. The summed E-state index contributed by atoms with van der Waals surface area (Å²) < 4.78 is 23.0. The van der Waals surface area contributed by atoms with Crippen molar-refractivity contribution in [3.63, 3.8) is 0 Å². The van der Waals surface area contributed by atoms with Crippen LogP contribution in [0.25, 0.3) is 0 Å². The van der Waals surface area contributed by atoms with Gasteiger partial charge in [0.25, 0.3) is 0 Å². The van der Waals surface area contributed by atoms with E-state index < -0.39 is 9.84 Å². The van der Waals surface area contributed by atoms with Gasteiger partial charge < -0.3 is 5.32 Å². The van der Waals surface area contributed by atoms with E-state index in [1.165, 1.54) is 0 Å². The quantitative estimate of drug-likeness (QED) is 0.731. The maximum Gasteiger partial charge on any atom is 0.153 e. The van der Waals surface area contributed by atoms with Crippen LogP contribution in [0.2, 0.25) is 0 Å². The van der Waals surface area contributed by atoms with Gasteiger partial charge in [0, 0.05) is 17.4 Å². The average Bonchev–Trinajstić information content (AvgIpc) is 2.01. The normalized spacial score (nSPS) is 16.7. The van der Waals surface area contributed by atoms with E-state index >= 15 is 0 Å². The number of rotatable bonds is 7. The standard InChI is InChI=1S/C10H22BrNO2S/c1-8(2)15(13,14)6-5-12-10(4)7-9(3)11/h8-10,12H,5-7H2,1-4H3. The maximum absolute atomic E-state index is 11.5. The van der Waals surface area contributed by atoms with Gasteiger partial charge >= 0.3 is 0 Å². The van der Waals surface area contributed by atoms with Gasteiger partial charge in [-0.3, -0.25) is 0 Å². The molecule has 15 heavy (non-hydrogen) atoms. The van der Waals surface area contributed by atoms with Gasteiger partial charge in [-0.05, 0) is 27.2 Å². The highest BCUT2D eigenvalue weighted by molar-refractivity contribution is 9.09. The summed E-state index contributed by atoms with van der Waals surface area (Å²) in [6.07, 6.45) is 1.00. The lowest BCUT2D eigenvalue weighted by atomic mass is 10.2. The highest BCUT2D eigenvalue weighted by Gasteiger charge is 2.15. The first-order valence-electron chi connectivity index (χ1n) is 5.34. The molecule has 0 aromatic rings. The van der Waals surface area contributed by atoms with Crippen molar-refractivity contribution in [3.8, 4) is 0 Å². The van der Waals surface area contributed by atoms with Crippen molar-refractivity contribution in [2.24, 2.45) is 0 Å². The Kier molecular flexibility index (Phi) is 7.04. The molecule has 0 saturated carbocycles. The van der Waals surface area contributed by atoms with Crippen LogP contribution in [-0.2, 0) is 9.84 Å². The third kappa shape index (κ3) is 7.30. The molecule has 92 valence electrons. The summed E-state index contributed by atoms with van der Waals surface area (Å²) in [7, 11) is -2.90. The van der Waals surface area contributed by atoms with Crippen LogP contribution in [0.4, 0.5) is 0 Å². The van der Waals surface area contributed by atoms with Crippen molar-refractivity contribution >= 4 is 25.8 Å². The zero-order valence-corrected chi connectivity index (χ0v) is 12.4. The molecular weight excluding hydrogens is 278 g/mol. The molecule has 0 aromatic heterocycles. The number of sulfone groups is 1. The van der Waals surface area contributed by atoms with Crippen molar-refractivity contribution in [2.45, 2.75) is 50.2 Å². The van der Waals surface area contributed by atoms with E-state index in [4.69, 9.17) is 0 Å². The lowest BCUT2D eigenvalue weighted by Gasteiger charge is -2.15. The summed E-state index contributed by atoms with van der Waals surface area (Å²) >= 11 is 3.47. The molecule has 0 heterocycles. The zero-order chi connectivity index (χ0) is 12.1. The Morgan fingerprint density at radius 3 is 2.13 bits per heavy atom. The first-order chi connectivity index (χ1) is 6.75. The van der Waals surface area contributed by atoms with Gasteiger partial charge in [-0.25, -0.2) is 8.42 Å². The van der Waals surface area contributed by atoms with E-state index in [9.17, 15) is 8.42 Å². The Morgan fingerprint density at radius 2 is 1.73 bits per heavy atom. The van der Waals surface area contributed by atoms with Crippen molar-refractivity contribution < 1.29 is 8.42 Å². The van der Waals surface area contributed by atoms with Crippen LogP contribution >= 0.6 is 15.9 Å². The minimum atomic E-state index is -2.90. The fourth-order valence-electron chi connectivity index (χ4n) is 1.25. The van der Waals surface area contributed by atoms with Crippen LogP contribution in [0.3, 0.4) is 0 Å². The molecule has 0 radical (unpaired) electrons. The van der Waals surface area contributed by atoms with E-state index in [1.54, 1.807) is 13.8 Å². The van der Waals surface area contributed by atoms with Gasteiger partial charge in [0.1, 0.15) is 0 Å². The van der Waals surface area contributed by atoms with Crippen molar-refractivity contribution in [1.82, 2.24) is 5.32 Å². The molecular formula is C10H22BrNO2S. The van der Waals surface area contributed by atoms with E-state index in [0.717, 1.165) is 6.42 Å². The van der Waals surface area contributed by atoms with E-state index in [2.05, 4.69) is 35.1 Å². The molecule has 0 aromatic carbocycles. The Labute approximate surface area is 102 Å². The van der Waals surface area contributed by atoms with Gasteiger partial charge in [0.15, 0.2) is 9.84 Å². The minimum Gasteiger partial charge on any atom is -0.313 e. The minimum absolute atomic E-state index is 0.228. The molecule has 0 aliphatic rings. The van der Waals surface area contributed by atoms with Gasteiger partial charge in [0.05, 0.1) is 11.0 Å². The molecule has 0 spiro atoms. The molecule has 0 saturated heterocycles. The van der Waals surface area contributed by atoms with Gasteiger partial charge in [0.2, 0.25) is 0 Å². The van der Waals surface area contributed by atoms with Crippen LogP contribution < -0.4 is 5.32 Å². The van der Waals surface area contributed by atoms with Crippen molar-refractivity contribution in [2.75, 3.05) is 12.3 Å². The molecule has 1 N–H and O–H groups in total. The number of halogens is 1. The van der Waals surface area contributed by atoms with Gasteiger partial charge in [-0.1, -0.05) is 22.9 Å². The highest BCUT2D eigenvalue weighted by atomic mass is 79.9. The van der Waals surface area contributed by atoms with Crippen LogP contribution in [-0.4, -0.2) is 36.8 Å². The Balaban J connectivity index is 3.80. The second kappa shape index (κ2) is 6.86. The van der Waals surface area contributed by atoms with Crippen LogP contribution in [0.15, 0.2) is 0 Å². The smallest absolute Gasteiger partial charge is 0.153 e. The van der Waals surface area contributed by atoms with Crippen molar-refractivity contribution in [1.29, 1.82) is 0 Å². The molecule has 5 heteroatoms. The van der Waals surface area contributed by atoms with Gasteiger partial charge in [-0.15, -0.1) is 0 Å². The van der Waals surface area contributed by atoms with Crippen molar-refractivity contribution in [3.05, 3.63) is 0 Å². The summed E-state index contributed by atoms with van der Waals surface area (Å²) in [5.74, 6) is 0.228. The number of hydrogen-bond acceptors (Lipinski definition) is 3. The molecule has 0 amide bonds. The number of alkyl halides is 1. The highest BCUT2D eigenvalue weighted by Crippen LogP contribution is 2.06. The average molecular weight is 300 g/mol. The van der Waals surface area contributed by atoms with E-state index in [0.29, 0.717) is 17.4 Å². The predicted octanol–water partition coefficient (Wildman–Crippen LogP) is 1.96. The summed E-state index contributed by atoms with van der Waals surface area (Å²) in [6, 6.07) is 0.349. The molecule has 2 atom stereocenters. The molecule has 2 unspecified atom stereocenters. The maximum atomic E-state index is 11.5. The Hall–Kier alpha value is 0.390. The summed E-state index contributed by atoms with van der Waals surface area (Å²) in [5.41, 5.74) is 0. The molecule has 0 aliphatic carbocycles. The van der Waals surface area contributed by atoms with Crippen LogP contribution in [0.5, 0.6) is 0 Å². The van der Waals surface area contributed by atoms with Crippen LogP contribution in [0, 0.1) is 0 Å². The van der Waals surface area contributed by atoms with E-state index in [-0.39, 0.29) is 11.0 Å². The molecule has 0 bridgehead atoms. The molecule has 0 fully saturated rings. The fraction of sp³-hybridized carbons (Fsp3) is 1.00. The topological polar surface area (TPSA) is 46.2 Å². The third-order valence-electron chi connectivity index (χ3n) is 2.28. The molecule has 0 aliphatic heterocycles. The fourth-order valence-corrected chi connectivity index (χ4v) is 2.69. The molecule has 0 rings (SSSR count). The second-order valence-electron chi connectivity index (χ2n) is 4.29. The largest absolute Gasteiger partial charge is 0.313 e. The SMILES string of the molecule is CC(Br)CC(C)NCCS(=O)(=O)C(C)C.